The first kappa shape index (κ1) is 12.3. The molecule has 102 valence electrons. The van der Waals surface area contributed by atoms with E-state index in [1.165, 1.54) is 0 Å². The van der Waals surface area contributed by atoms with Gasteiger partial charge in [-0.3, -0.25) is 0 Å². The fourth-order valence-electron chi connectivity index (χ4n) is 2.35. The van der Waals surface area contributed by atoms with Crippen LogP contribution in [-0.4, -0.2) is 9.78 Å². The van der Waals surface area contributed by atoms with Crippen molar-refractivity contribution in [2.45, 2.75) is 0 Å². The Morgan fingerprint density at radius 2 is 1.76 bits per heavy atom. The van der Waals surface area contributed by atoms with Gasteiger partial charge in [0.2, 0.25) is 0 Å². The van der Waals surface area contributed by atoms with Crippen molar-refractivity contribution in [2.24, 2.45) is 0 Å². The summed E-state index contributed by atoms with van der Waals surface area (Å²) in [7, 11) is 0. The van der Waals surface area contributed by atoms with Gasteiger partial charge in [0, 0.05) is 16.1 Å². The third kappa shape index (κ3) is 1.97. The smallest absolute Gasteiger partial charge is 0.347 e. The van der Waals surface area contributed by atoms with E-state index in [0.29, 0.717) is 16.5 Å². The molecule has 0 fully saturated rings. The molecule has 0 aliphatic rings. The third-order valence-corrected chi connectivity index (χ3v) is 3.90. The van der Waals surface area contributed by atoms with Crippen LogP contribution in [-0.2, 0) is 0 Å². The van der Waals surface area contributed by atoms with Crippen molar-refractivity contribution in [3.8, 4) is 5.69 Å². The van der Waals surface area contributed by atoms with Crippen LogP contribution in [0.1, 0.15) is 0 Å². The third-order valence-electron chi connectivity index (χ3n) is 3.37. The summed E-state index contributed by atoms with van der Waals surface area (Å²) in [5.74, 6) is 0. The van der Waals surface area contributed by atoms with E-state index >= 15 is 0 Å². The molecule has 0 saturated heterocycles. The van der Waals surface area contributed by atoms with Gasteiger partial charge in [0.1, 0.15) is 16.5 Å². The lowest BCUT2D eigenvalue weighted by Gasteiger charge is -2.00. The van der Waals surface area contributed by atoms with Crippen LogP contribution in [0, 0.1) is 0 Å². The molecule has 0 bridgehead atoms. The molecule has 0 N–H and O–H groups in total. The molecule has 0 aliphatic heterocycles. The van der Waals surface area contributed by atoms with E-state index < -0.39 is 0 Å². The predicted molar refractivity (Wildman–Crippen MR) is 84.8 cm³/mol. The lowest BCUT2D eigenvalue weighted by atomic mass is 10.2. The highest BCUT2D eigenvalue weighted by Crippen LogP contribution is 2.22. The molecule has 0 spiro atoms. The van der Waals surface area contributed by atoms with Crippen molar-refractivity contribution in [3.05, 3.63) is 69.6 Å². The summed E-state index contributed by atoms with van der Waals surface area (Å²) in [6.07, 6.45) is 1.71. The Morgan fingerprint density at radius 3 is 2.57 bits per heavy atom. The lowest BCUT2D eigenvalue weighted by Crippen LogP contribution is -1.97. The van der Waals surface area contributed by atoms with Crippen LogP contribution in [0.15, 0.2) is 68.4 Å². The first-order valence-corrected chi connectivity index (χ1v) is 7.19. The Balaban J connectivity index is 2.05. The van der Waals surface area contributed by atoms with Gasteiger partial charge in [-0.25, -0.2) is 9.48 Å². The number of fused-ring (bicyclic) bond motifs is 3. The highest BCUT2D eigenvalue weighted by Gasteiger charge is 2.12. The summed E-state index contributed by atoms with van der Waals surface area (Å²) in [5.41, 5.74) is 1.73. The number of para-hydroxylation sites is 1. The second-order valence-electron chi connectivity index (χ2n) is 4.70. The van der Waals surface area contributed by atoms with Gasteiger partial charge in [0.25, 0.3) is 0 Å². The van der Waals surface area contributed by atoms with Gasteiger partial charge in [-0.05, 0) is 36.4 Å². The van der Waals surface area contributed by atoms with E-state index in [4.69, 9.17) is 4.42 Å². The minimum atomic E-state index is -0.368. The molecule has 5 heteroatoms. The van der Waals surface area contributed by atoms with E-state index in [0.717, 1.165) is 15.5 Å². The first-order valence-electron chi connectivity index (χ1n) is 6.39. The molecule has 2 aromatic carbocycles. The predicted octanol–water partition coefficient (Wildman–Crippen LogP) is 3.89. The summed E-state index contributed by atoms with van der Waals surface area (Å²) >= 11 is 3.40. The minimum absolute atomic E-state index is 0.368. The fourth-order valence-corrected chi connectivity index (χ4v) is 2.62. The Bertz CT molecular complexity index is 1020. The molecular formula is C16H9BrN2O2. The highest BCUT2D eigenvalue weighted by atomic mass is 79.9. The maximum atomic E-state index is 12.1. The van der Waals surface area contributed by atoms with E-state index in [1.54, 1.807) is 16.9 Å². The molecule has 0 unspecified atom stereocenters. The zero-order chi connectivity index (χ0) is 14.4. The van der Waals surface area contributed by atoms with Gasteiger partial charge in [-0.1, -0.05) is 28.1 Å². The van der Waals surface area contributed by atoms with Crippen LogP contribution >= 0.6 is 15.9 Å². The van der Waals surface area contributed by atoms with Crippen molar-refractivity contribution in [1.82, 2.24) is 9.78 Å². The molecule has 0 saturated carbocycles. The maximum absolute atomic E-state index is 12.1. The summed E-state index contributed by atoms with van der Waals surface area (Å²) in [4.78, 5) is 12.1. The molecule has 0 aliphatic carbocycles. The standard InChI is InChI=1S/C16H9BrN2O2/c17-10-5-7-11(8-6-10)19-9-13-15(18-19)12-3-1-2-4-14(12)21-16(13)20/h1-9H. The first-order chi connectivity index (χ1) is 10.2. The van der Waals surface area contributed by atoms with Crippen LogP contribution in [0.4, 0.5) is 0 Å². The Hall–Kier alpha value is -2.40. The molecule has 2 heterocycles. The Kier molecular flexibility index (Phi) is 2.68. The fraction of sp³-hybridized carbons (Fsp3) is 0. The minimum Gasteiger partial charge on any atom is -0.422 e. The number of aromatic nitrogens is 2. The second-order valence-corrected chi connectivity index (χ2v) is 5.61. The second kappa shape index (κ2) is 4.56. The van der Waals surface area contributed by atoms with Gasteiger partial charge in [0.15, 0.2) is 0 Å². The van der Waals surface area contributed by atoms with Crippen LogP contribution in [0.5, 0.6) is 0 Å². The number of hydrogen-bond donors (Lipinski definition) is 0. The Labute approximate surface area is 127 Å². The maximum Gasteiger partial charge on any atom is 0.347 e. The largest absolute Gasteiger partial charge is 0.422 e. The van der Waals surface area contributed by atoms with Crippen LogP contribution < -0.4 is 5.63 Å². The summed E-state index contributed by atoms with van der Waals surface area (Å²) in [6.45, 7) is 0. The van der Waals surface area contributed by atoms with E-state index in [2.05, 4.69) is 21.0 Å². The lowest BCUT2D eigenvalue weighted by molar-refractivity contribution is 0.569. The number of nitrogens with zero attached hydrogens (tertiary/aromatic N) is 2. The van der Waals surface area contributed by atoms with Crippen molar-refractivity contribution in [1.29, 1.82) is 0 Å². The van der Waals surface area contributed by atoms with E-state index in [9.17, 15) is 4.79 Å². The average molecular weight is 341 g/mol. The average Bonchev–Trinajstić information content (AvgIpc) is 2.94. The molecule has 4 rings (SSSR count). The van der Waals surface area contributed by atoms with Gasteiger partial charge < -0.3 is 4.42 Å². The molecule has 21 heavy (non-hydrogen) atoms. The topological polar surface area (TPSA) is 48.0 Å². The zero-order valence-electron chi connectivity index (χ0n) is 10.8. The van der Waals surface area contributed by atoms with Gasteiger partial charge in [-0.15, -0.1) is 0 Å². The molecular weight excluding hydrogens is 332 g/mol. The van der Waals surface area contributed by atoms with Gasteiger partial charge >= 0.3 is 5.63 Å². The number of benzene rings is 2. The van der Waals surface area contributed by atoms with Crippen LogP contribution in [0.25, 0.3) is 27.6 Å². The molecule has 4 aromatic rings. The van der Waals surface area contributed by atoms with Gasteiger partial charge in [0.05, 0.1) is 5.69 Å². The van der Waals surface area contributed by atoms with Crippen molar-refractivity contribution in [3.63, 3.8) is 0 Å². The van der Waals surface area contributed by atoms with E-state index in [-0.39, 0.29) is 5.63 Å². The molecule has 4 nitrogen and oxygen atoms in total. The van der Waals surface area contributed by atoms with E-state index in [1.807, 2.05) is 42.5 Å². The SMILES string of the molecule is O=c1oc2ccccc2c2nn(-c3ccc(Br)cc3)cc12. The number of rotatable bonds is 1. The quantitative estimate of drug-likeness (QED) is 0.494. The number of hydrogen-bond acceptors (Lipinski definition) is 3. The summed E-state index contributed by atoms with van der Waals surface area (Å²) in [6, 6.07) is 15.1. The Morgan fingerprint density at radius 1 is 1.00 bits per heavy atom. The van der Waals surface area contributed by atoms with Gasteiger partial charge in [-0.2, -0.15) is 5.10 Å². The van der Waals surface area contributed by atoms with Crippen molar-refractivity contribution in [2.75, 3.05) is 0 Å². The van der Waals surface area contributed by atoms with Crippen LogP contribution in [0.2, 0.25) is 0 Å². The molecule has 0 radical (unpaired) electrons. The molecule has 0 atom stereocenters. The number of halogens is 1. The summed E-state index contributed by atoms with van der Waals surface area (Å²) < 4.78 is 8.02. The molecule has 2 aromatic heterocycles. The monoisotopic (exact) mass is 340 g/mol. The zero-order valence-corrected chi connectivity index (χ0v) is 12.4. The van der Waals surface area contributed by atoms with Crippen LogP contribution in [0.3, 0.4) is 0 Å². The van der Waals surface area contributed by atoms with Crippen molar-refractivity contribution < 1.29 is 4.42 Å². The normalized spacial score (nSPS) is 11.3. The summed E-state index contributed by atoms with van der Waals surface area (Å²) in [5, 5.41) is 5.86. The molecule has 0 amide bonds. The highest BCUT2D eigenvalue weighted by molar-refractivity contribution is 9.10. The van der Waals surface area contributed by atoms with Crippen molar-refractivity contribution >= 4 is 37.8 Å².